The Morgan fingerprint density at radius 1 is 1.48 bits per heavy atom. The molecule has 2 N–H and O–H groups in total. The highest BCUT2D eigenvalue weighted by atomic mass is 16.5. The first-order chi connectivity index (χ1) is 10.0. The van der Waals surface area contributed by atoms with Gasteiger partial charge in [0.15, 0.2) is 6.10 Å². The summed E-state index contributed by atoms with van der Waals surface area (Å²) in [5, 5.41) is 0. The van der Waals surface area contributed by atoms with Crippen molar-refractivity contribution in [2.45, 2.75) is 38.3 Å². The van der Waals surface area contributed by atoms with Gasteiger partial charge in [-0.1, -0.05) is 6.92 Å². The molecule has 0 saturated carbocycles. The molecule has 1 aliphatic rings. The van der Waals surface area contributed by atoms with Gasteiger partial charge in [-0.05, 0) is 36.6 Å². The number of likely N-dealkylation sites (tertiary alicyclic amines) is 1. The van der Waals surface area contributed by atoms with Crippen molar-refractivity contribution >= 4 is 5.91 Å². The number of nitrogens with two attached hydrogens (primary N) is 1. The molecule has 1 saturated heterocycles. The van der Waals surface area contributed by atoms with E-state index in [1.54, 1.807) is 19.1 Å². The lowest BCUT2D eigenvalue weighted by molar-refractivity contribution is -0.132. The number of hydrogen-bond acceptors (Lipinski definition) is 4. The van der Waals surface area contributed by atoms with Gasteiger partial charge >= 0.3 is 0 Å². The topological polar surface area (TPSA) is 64.8 Å². The van der Waals surface area contributed by atoms with Crippen molar-refractivity contribution in [3.05, 3.63) is 23.8 Å². The van der Waals surface area contributed by atoms with Gasteiger partial charge in [-0.3, -0.25) is 4.79 Å². The van der Waals surface area contributed by atoms with Gasteiger partial charge in [0.25, 0.3) is 5.91 Å². The molecule has 5 heteroatoms. The zero-order valence-electron chi connectivity index (χ0n) is 13.0. The Labute approximate surface area is 126 Å². The van der Waals surface area contributed by atoms with Gasteiger partial charge in [-0.2, -0.15) is 0 Å². The van der Waals surface area contributed by atoms with E-state index < -0.39 is 0 Å². The number of methoxy groups -OCH3 is 1. The van der Waals surface area contributed by atoms with Crippen LogP contribution in [0.15, 0.2) is 18.2 Å². The van der Waals surface area contributed by atoms with Crippen LogP contribution in [-0.4, -0.2) is 43.7 Å². The van der Waals surface area contributed by atoms with Crippen molar-refractivity contribution in [1.82, 2.24) is 4.90 Å². The van der Waals surface area contributed by atoms with Crippen molar-refractivity contribution in [2.75, 3.05) is 20.7 Å². The van der Waals surface area contributed by atoms with Gasteiger partial charge in [0.1, 0.15) is 11.5 Å². The lowest BCUT2D eigenvalue weighted by Gasteiger charge is -2.18. The van der Waals surface area contributed by atoms with Crippen LogP contribution in [0.4, 0.5) is 0 Å². The molecule has 1 aromatic carbocycles. The molecular weight excluding hydrogens is 268 g/mol. The van der Waals surface area contributed by atoms with Crippen LogP contribution in [0.5, 0.6) is 11.5 Å². The molecule has 1 fully saturated rings. The zero-order valence-corrected chi connectivity index (χ0v) is 13.0. The molecule has 2 atom stereocenters. The largest absolute Gasteiger partial charge is 0.497 e. The first kappa shape index (κ1) is 15.6. The number of likely N-dealkylation sites (N-methyl/N-ethyl adjacent to an activating group) is 1. The fraction of sp³-hybridized carbons (Fsp3) is 0.562. The molecule has 0 radical (unpaired) electrons. The summed E-state index contributed by atoms with van der Waals surface area (Å²) in [6.07, 6.45) is 1.93. The Balaban J connectivity index is 2.19. The van der Waals surface area contributed by atoms with Crippen LogP contribution in [0.25, 0.3) is 0 Å². The van der Waals surface area contributed by atoms with Crippen molar-refractivity contribution < 1.29 is 14.3 Å². The van der Waals surface area contributed by atoms with Crippen molar-refractivity contribution in [3.8, 4) is 11.5 Å². The summed E-state index contributed by atoms with van der Waals surface area (Å²) >= 11 is 0. The maximum atomic E-state index is 12.0. The molecule has 1 aliphatic heterocycles. The van der Waals surface area contributed by atoms with Gasteiger partial charge in [0.05, 0.1) is 7.11 Å². The number of amides is 1. The lowest BCUT2D eigenvalue weighted by Crippen LogP contribution is -2.30. The van der Waals surface area contributed by atoms with E-state index in [0.29, 0.717) is 6.42 Å². The van der Waals surface area contributed by atoms with Crippen LogP contribution in [0.2, 0.25) is 0 Å². The number of nitrogens with zero attached hydrogens (tertiary/aromatic N) is 1. The number of carbonyl (C=O) groups is 1. The van der Waals surface area contributed by atoms with Crippen LogP contribution < -0.4 is 15.2 Å². The number of benzene rings is 1. The molecule has 0 aromatic heterocycles. The van der Waals surface area contributed by atoms with Gasteiger partial charge in [-0.15, -0.1) is 0 Å². The zero-order chi connectivity index (χ0) is 15.4. The smallest absolute Gasteiger partial charge is 0.263 e. The minimum Gasteiger partial charge on any atom is -0.497 e. The third-order valence-corrected chi connectivity index (χ3v) is 3.92. The Morgan fingerprint density at radius 3 is 2.81 bits per heavy atom. The second-order valence-corrected chi connectivity index (χ2v) is 5.50. The fourth-order valence-electron chi connectivity index (χ4n) is 2.44. The maximum Gasteiger partial charge on any atom is 0.263 e. The van der Waals surface area contributed by atoms with Crippen molar-refractivity contribution in [3.63, 3.8) is 0 Å². The summed E-state index contributed by atoms with van der Waals surface area (Å²) in [4.78, 5) is 13.7. The number of rotatable bonds is 6. The Hall–Kier alpha value is -1.75. The molecule has 0 aliphatic carbocycles. The average molecular weight is 292 g/mol. The van der Waals surface area contributed by atoms with E-state index in [2.05, 4.69) is 6.92 Å². The fourth-order valence-corrected chi connectivity index (χ4v) is 2.44. The maximum absolute atomic E-state index is 12.0. The molecule has 1 amide bonds. The molecule has 1 heterocycles. The van der Waals surface area contributed by atoms with E-state index >= 15 is 0 Å². The standard InChI is InChI=1S/C16H24N2O3/c1-4-12(17)9-11-10-13(20-3)5-6-14(11)21-15-7-8-18(2)16(15)19/h5-6,10,12,15H,4,7-9,17H2,1-3H3. The van der Waals surface area contributed by atoms with Crippen molar-refractivity contribution in [2.24, 2.45) is 5.73 Å². The summed E-state index contributed by atoms with van der Waals surface area (Å²) < 4.78 is 11.2. The van der Waals surface area contributed by atoms with Crippen LogP contribution in [0.3, 0.4) is 0 Å². The summed E-state index contributed by atoms with van der Waals surface area (Å²) in [7, 11) is 3.43. The summed E-state index contributed by atoms with van der Waals surface area (Å²) in [5.74, 6) is 1.54. The van der Waals surface area contributed by atoms with E-state index in [9.17, 15) is 4.79 Å². The quantitative estimate of drug-likeness (QED) is 0.864. The van der Waals surface area contributed by atoms with E-state index in [0.717, 1.165) is 36.4 Å². The van der Waals surface area contributed by atoms with Crippen LogP contribution >= 0.6 is 0 Å². The van der Waals surface area contributed by atoms with Crippen LogP contribution in [0, 0.1) is 0 Å². The van der Waals surface area contributed by atoms with Crippen molar-refractivity contribution in [1.29, 1.82) is 0 Å². The second-order valence-electron chi connectivity index (χ2n) is 5.50. The highest BCUT2D eigenvalue weighted by Crippen LogP contribution is 2.28. The molecule has 5 nitrogen and oxygen atoms in total. The first-order valence-electron chi connectivity index (χ1n) is 7.39. The number of ether oxygens (including phenoxy) is 2. The van der Waals surface area contributed by atoms with Gasteiger partial charge in [-0.25, -0.2) is 0 Å². The first-order valence-corrected chi connectivity index (χ1v) is 7.39. The molecule has 2 rings (SSSR count). The Bertz CT molecular complexity index is 504. The van der Waals surface area contributed by atoms with E-state index in [4.69, 9.17) is 15.2 Å². The molecule has 0 bridgehead atoms. The lowest BCUT2D eigenvalue weighted by atomic mass is 10.0. The molecule has 1 aromatic rings. The summed E-state index contributed by atoms with van der Waals surface area (Å²) in [6, 6.07) is 5.72. The monoisotopic (exact) mass is 292 g/mol. The predicted octanol–water partition coefficient (Wildman–Crippen LogP) is 1.58. The number of carbonyl (C=O) groups excluding carboxylic acids is 1. The summed E-state index contributed by atoms with van der Waals surface area (Å²) in [6.45, 7) is 2.80. The minimum absolute atomic E-state index is 0.0385. The van der Waals surface area contributed by atoms with E-state index in [-0.39, 0.29) is 18.1 Å². The van der Waals surface area contributed by atoms with E-state index in [1.165, 1.54) is 0 Å². The normalized spacial score (nSPS) is 19.7. The highest BCUT2D eigenvalue weighted by molar-refractivity contribution is 5.83. The Kier molecular flexibility index (Phi) is 5.07. The predicted molar refractivity (Wildman–Crippen MR) is 81.6 cm³/mol. The third-order valence-electron chi connectivity index (χ3n) is 3.92. The van der Waals surface area contributed by atoms with Crippen LogP contribution in [-0.2, 0) is 11.2 Å². The third kappa shape index (κ3) is 3.67. The van der Waals surface area contributed by atoms with Gasteiger partial charge < -0.3 is 20.1 Å². The van der Waals surface area contributed by atoms with Gasteiger partial charge in [0, 0.05) is 26.1 Å². The second kappa shape index (κ2) is 6.80. The SMILES string of the molecule is CCC(N)Cc1cc(OC)ccc1OC1CCN(C)C1=O. The molecule has 116 valence electrons. The summed E-state index contributed by atoms with van der Waals surface area (Å²) in [5.41, 5.74) is 7.04. The Morgan fingerprint density at radius 2 is 2.24 bits per heavy atom. The number of hydrogen-bond donors (Lipinski definition) is 1. The highest BCUT2D eigenvalue weighted by Gasteiger charge is 2.31. The molecular formula is C16H24N2O3. The molecule has 21 heavy (non-hydrogen) atoms. The minimum atomic E-state index is -0.389. The van der Waals surface area contributed by atoms with Gasteiger partial charge in [0.2, 0.25) is 0 Å². The average Bonchev–Trinajstić information content (AvgIpc) is 2.80. The molecule has 0 spiro atoms. The van der Waals surface area contributed by atoms with E-state index in [1.807, 2.05) is 18.2 Å². The molecule has 2 unspecified atom stereocenters. The van der Waals surface area contributed by atoms with Crippen LogP contribution in [0.1, 0.15) is 25.3 Å².